The van der Waals surface area contributed by atoms with Crippen LogP contribution in [-0.2, 0) is 6.18 Å². The van der Waals surface area contributed by atoms with Gasteiger partial charge in [-0.05, 0) is 61.4 Å². The molecule has 2 aromatic carbocycles. The van der Waals surface area contributed by atoms with E-state index >= 15 is 0 Å². The molecule has 0 spiro atoms. The Hall–Kier alpha value is -3.37. The number of carbonyl (C=O) groups excluding carboxylic acids is 1. The molecule has 3 aromatic rings. The summed E-state index contributed by atoms with van der Waals surface area (Å²) in [7, 11) is 0. The second-order valence-corrected chi connectivity index (χ2v) is 8.61. The van der Waals surface area contributed by atoms with Gasteiger partial charge in [0.05, 0.1) is 21.7 Å². The second kappa shape index (κ2) is 10.5. The van der Waals surface area contributed by atoms with Crippen LogP contribution >= 0.6 is 23.2 Å². The number of halogens is 5. The van der Waals surface area contributed by atoms with Gasteiger partial charge >= 0.3 is 6.18 Å². The van der Waals surface area contributed by atoms with Crippen molar-refractivity contribution in [1.29, 1.82) is 0 Å². The van der Waals surface area contributed by atoms with Gasteiger partial charge in [0.1, 0.15) is 0 Å². The van der Waals surface area contributed by atoms with Crippen LogP contribution < -0.4 is 16.0 Å². The van der Waals surface area contributed by atoms with Gasteiger partial charge < -0.3 is 10.6 Å². The third-order valence-electron chi connectivity index (χ3n) is 5.21. The van der Waals surface area contributed by atoms with Crippen LogP contribution in [0.5, 0.6) is 0 Å². The molecule has 1 aromatic heterocycles. The number of amides is 1. The lowest BCUT2D eigenvalue weighted by Gasteiger charge is -2.33. The van der Waals surface area contributed by atoms with Crippen molar-refractivity contribution in [1.82, 2.24) is 15.3 Å². The number of hydrogen-bond acceptors (Lipinski definition) is 5. The van der Waals surface area contributed by atoms with Crippen LogP contribution in [0.2, 0.25) is 10.0 Å². The van der Waals surface area contributed by atoms with E-state index in [2.05, 4.69) is 30.9 Å². The van der Waals surface area contributed by atoms with Crippen molar-refractivity contribution in [2.24, 2.45) is 4.99 Å². The molecule has 35 heavy (non-hydrogen) atoms. The first-order valence-corrected chi connectivity index (χ1v) is 11.2. The topological polar surface area (TPSA) is 91.3 Å². The van der Waals surface area contributed by atoms with E-state index in [1.54, 1.807) is 18.5 Å². The first kappa shape index (κ1) is 24.7. The molecule has 1 aliphatic rings. The fraction of sp³-hybridized carbons (Fsp3) is 0.217. The molecule has 7 nitrogen and oxygen atoms in total. The molecule has 0 saturated heterocycles. The number of hydrogen-bond donors (Lipinski definition) is 3. The molecule has 0 atom stereocenters. The third-order valence-corrected chi connectivity index (χ3v) is 5.95. The molecule has 182 valence electrons. The lowest BCUT2D eigenvalue weighted by molar-refractivity contribution is -0.137. The molecule has 3 N–H and O–H groups in total. The minimum atomic E-state index is -4.45. The van der Waals surface area contributed by atoms with Gasteiger partial charge in [-0.1, -0.05) is 23.2 Å². The minimum Gasteiger partial charge on any atom is -0.351 e. The Kier molecular flexibility index (Phi) is 7.42. The number of benzene rings is 2. The first-order valence-electron chi connectivity index (χ1n) is 10.5. The van der Waals surface area contributed by atoms with Gasteiger partial charge in [-0.2, -0.15) is 13.2 Å². The zero-order valence-corrected chi connectivity index (χ0v) is 19.5. The van der Waals surface area contributed by atoms with Crippen molar-refractivity contribution in [3.8, 4) is 0 Å². The Balaban J connectivity index is 1.47. The zero-order valence-electron chi connectivity index (χ0n) is 18.0. The van der Waals surface area contributed by atoms with Crippen LogP contribution in [-0.4, -0.2) is 33.9 Å². The highest BCUT2D eigenvalue weighted by Gasteiger charge is 2.31. The van der Waals surface area contributed by atoms with Crippen LogP contribution in [0.25, 0.3) is 0 Å². The van der Waals surface area contributed by atoms with Gasteiger partial charge in [0.2, 0.25) is 11.9 Å². The number of aliphatic imine (C=N–C) groups is 1. The van der Waals surface area contributed by atoms with E-state index in [1.807, 2.05) is 0 Å². The molecule has 1 amide bonds. The van der Waals surface area contributed by atoms with E-state index in [0.29, 0.717) is 29.5 Å². The van der Waals surface area contributed by atoms with Crippen LogP contribution in [0.1, 0.15) is 28.8 Å². The summed E-state index contributed by atoms with van der Waals surface area (Å²) in [6.07, 6.45) is 0.120. The Morgan fingerprint density at radius 3 is 2.31 bits per heavy atom. The number of nitrogens with one attached hydrogen (secondary N) is 3. The fourth-order valence-corrected chi connectivity index (χ4v) is 3.64. The van der Waals surface area contributed by atoms with Gasteiger partial charge in [0.25, 0.3) is 5.91 Å². The average Bonchev–Trinajstić information content (AvgIpc) is 2.79. The van der Waals surface area contributed by atoms with Crippen molar-refractivity contribution >= 4 is 46.7 Å². The smallest absolute Gasteiger partial charge is 0.351 e. The Bertz CT molecular complexity index is 1220. The van der Waals surface area contributed by atoms with Gasteiger partial charge in [0, 0.05) is 29.7 Å². The molecular formula is C23H19Cl2F3N6O. The third kappa shape index (κ3) is 6.61. The molecule has 1 aliphatic carbocycles. The number of rotatable bonds is 5. The molecule has 1 heterocycles. The highest BCUT2D eigenvalue weighted by atomic mass is 35.5. The SMILES string of the molecule is O=C(NC(=NC1CC(Nc2ncccn2)C1)Nc1ccc(C(F)(F)F)cc1)c1ccc(Cl)c(Cl)c1. The van der Waals surface area contributed by atoms with Gasteiger partial charge in [0.15, 0.2) is 0 Å². The van der Waals surface area contributed by atoms with Crippen molar-refractivity contribution < 1.29 is 18.0 Å². The van der Waals surface area contributed by atoms with Crippen LogP contribution in [0.15, 0.2) is 65.9 Å². The number of alkyl halides is 3. The number of anilines is 2. The summed E-state index contributed by atoms with van der Waals surface area (Å²) < 4.78 is 38.7. The van der Waals surface area contributed by atoms with Gasteiger partial charge in [-0.15, -0.1) is 0 Å². The average molecular weight is 523 g/mol. The van der Waals surface area contributed by atoms with Crippen molar-refractivity contribution in [2.45, 2.75) is 31.1 Å². The van der Waals surface area contributed by atoms with E-state index in [9.17, 15) is 18.0 Å². The first-order chi connectivity index (χ1) is 16.7. The molecule has 12 heteroatoms. The van der Waals surface area contributed by atoms with E-state index in [0.717, 1.165) is 12.1 Å². The van der Waals surface area contributed by atoms with E-state index in [4.69, 9.17) is 23.2 Å². The van der Waals surface area contributed by atoms with Crippen molar-refractivity contribution in [2.75, 3.05) is 10.6 Å². The second-order valence-electron chi connectivity index (χ2n) is 7.80. The number of nitrogens with zero attached hydrogens (tertiary/aromatic N) is 3. The summed E-state index contributed by atoms with van der Waals surface area (Å²) in [5, 5.41) is 9.27. The highest BCUT2D eigenvalue weighted by molar-refractivity contribution is 6.42. The summed E-state index contributed by atoms with van der Waals surface area (Å²) in [6.45, 7) is 0. The Labute approximate surface area is 208 Å². The Morgan fingerprint density at radius 2 is 1.69 bits per heavy atom. The van der Waals surface area contributed by atoms with E-state index < -0.39 is 17.6 Å². The number of carbonyl (C=O) groups is 1. The molecule has 0 unspecified atom stereocenters. The largest absolute Gasteiger partial charge is 0.416 e. The summed E-state index contributed by atoms with van der Waals surface area (Å²) in [5.41, 5.74) is -0.203. The normalized spacial score (nSPS) is 17.9. The van der Waals surface area contributed by atoms with Gasteiger partial charge in [-0.3, -0.25) is 10.1 Å². The monoisotopic (exact) mass is 522 g/mol. The van der Waals surface area contributed by atoms with Crippen molar-refractivity contribution in [3.05, 3.63) is 82.1 Å². The highest BCUT2D eigenvalue weighted by Crippen LogP contribution is 2.30. The summed E-state index contributed by atoms with van der Waals surface area (Å²) >= 11 is 11.9. The number of aromatic nitrogens is 2. The number of guanidine groups is 1. The standard InChI is InChI=1S/C23H19Cl2F3N6O/c24-18-7-2-13(10-19(18)25)20(35)34-22(31-15-5-3-14(4-6-15)23(26,27)28)33-17-11-16(12-17)32-21-29-8-1-9-30-21/h1-10,16-17H,11-12H2,(H,29,30,32)(H2,31,33,34,35). The summed E-state index contributed by atoms with van der Waals surface area (Å²) in [5.74, 6) is 0.101. The van der Waals surface area contributed by atoms with Crippen LogP contribution in [0.4, 0.5) is 24.8 Å². The van der Waals surface area contributed by atoms with Crippen LogP contribution in [0.3, 0.4) is 0 Å². The molecule has 0 aliphatic heterocycles. The maximum atomic E-state index is 12.9. The molecule has 0 bridgehead atoms. The minimum absolute atomic E-state index is 0.0974. The van der Waals surface area contributed by atoms with E-state index in [1.165, 1.54) is 30.3 Å². The molecular weight excluding hydrogens is 504 g/mol. The Morgan fingerprint density at radius 1 is 1.00 bits per heavy atom. The summed E-state index contributed by atoms with van der Waals surface area (Å²) in [6, 6.07) is 10.5. The molecule has 1 fully saturated rings. The predicted molar refractivity (Wildman–Crippen MR) is 129 cm³/mol. The van der Waals surface area contributed by atoms with E-state index in [-0.39, 0.29) is 28.6 Å². The van der Waals surface area contributed by atoms with Crippen LogP contribution in [0, 0.1) is 0 Å². The maximum absolute atomic E-state index is 12.9. The van der Waals surface area contributed by atoms with Crippen molar-refractivity contribution in [3.63, 3.8) is 0 Å². The fourth-order valence-electron chi connectivity index (χ4n) is 3.34. The van der Waals surface area contributed by atoms with Gasteiger partial charge in [-0.25, -0.2) is 15.0 Å². The lowest BCUT2D eigenvalue weighted by Crippen LogP contribution is -2.42. The predicted octanol–water partition coefficient (Wildman–Crippen LogP) is 5.64. The molecule has 1 saturated carbocycles. The zero-order chi connectivity index (χ0) is 25.0. The quantitative estimate of drug-likeness (QED) is 0.297. The lowest BCUT2D eigenvalue weighted by atomic mass is 9.87. The summed E-state index contributed by atoms with van der Waals surface area (Å²) in [4.78, 5) is 25.6. The maximum Gasteiger partial charge on any atom is 0.416 e. The molecule has 4 rings (SSSR count). The molecule has 0 radical (unpaired) electrons.